The molecule has 2 rings (SSSR count). The van der Waals surface area contributed by atoms with Crippen LogP contribution in [0, 0.1) is 0 Å². The van der Waals surface area contributed by atoms with Gasteiger partial charge in [0.25, 0.3) is 11.8 Å². The molecule has 7 nitrogen and oxygen atoms in total. The largest absolute Gasteiger partial charge is 0.301 e. The minimum atomic E-state index is -3.06. The van der Waals surface area contributed by atoms with E-state index < -0.39 is 10.0 Å². The van der Waals surface area contributed by atoms with Crippen LogP contribution in [0.1, 0.15) is 32.1 Å². The van der Waals surface area contributed by atoms with Gasteiger partial charge < -0.3 is 4.90 Å². The van der Waals surface area contributed by atoms with E-state index in [2.05, 4.69) is 4.90 Å². The Hall–Kier alpha value is -1.25. The van der Waals surface area contributed by atoms with E-state index in [-0.39, 0.29) is 11.8 Å². The van der Waals surface area contributed by atoms with E-state index >= 15 is 0 Å². The molecule has 0 bridgehead atoms. The van der Waals surface area contributed by atoms with Crippen molar-refractivity contribution in [2.45, 2.75) is 32.1 Å². The molecule has 1 fully saturated rings. The highest BCUT2D eigenvalue weighted by Gasteiger charge is 2.26. The van der Waals surface area contributed by atoms with Crippen molar-refractivity contribution in [1.82, 2.24) is 14.1 Å². The monoisotopic (exact) mass is 357 g/mol. The van der Waals surface area contributed by atoms with E-state index in [9.17, 15) is 18.0 Å². The Balaban J connectivity index is 1.54. The fraction of sp³-hybridized carbons (Fsp3) is 0.750. The number of nitrogens with zero attached hydrogens (tertiary/aromatic N) is 3. The van der Waals surface area contributed by atoms with Crippen molar-refractivity contribution in [3.8, 4) is 0 Å². The van der Waals surface area contributed by atoms with Crippen LogP contribution >= 0.6 is 0 Å². The zero-order valence-electron chi connectivity index (χ0n) is 14.5. The van der Waals surface area contributed by atoms with Gasteiger partial charge in [0.15, 0.2) is 0 Å². The first kappa shape index (κ1) is 19.1. The second kappa shape index (κ2) is 8.22. The van der Waals surface area contributed by atoms with Crippen LogP contribution in [-0.4, -0.2) is 80.4 Å². The maximum atomic E-state index is 11.7. The number of likely N-dealkylation sites (N-methyl/N-ethyl adjacent to an activating group) is 1. The number of carbonyl (C=O) groups excluding carboxylic acids is 2. The van der Waals surface area contributed by atoms with E-state index in [1.54, 1.807) is 0 Å². The second-order valence-corrected chi connectivity index (χ2v) is 8.52. The molecule has 24 heavy (non-hydrogen) atoms. The molecule has 136 valence electrons. The molecule has 0 aliphatic carbocycles. The molecule has 2 heterocycles. The molecular weight excluding hydrogens is 330 g/mol. The minimum absolute atomic E-state index is 0.163. The molecule has 0 spiro atoms. The molecule has 0 saturated carbocycles. The van der Waals surface area contributed by atoms with Crippen molar-refractivity contribution >= 4 is 21.8 Å². The number of amides is 2. The molecule has 1 saturated heterocycles. The van der Waals surface area contributed by atoms with Gasteiger partial charge in [0, 0.05) is 44.9 Å². The van der Waals surface area contributed by atoms with Crippen LogP contribution in [0.5, 0.6) is 0 Å². The smallest absolute Gasteiger partial charge is 0.256 e. The highest BCUT2D eigenvalue weighted by molar-refractivity contribution is 7.88. The zero-order valence-corrected chi connectivity index (χ0v) is 15.3. The lowest BCUT2D eigenvalue weighted by Gasteiger charge is -2.33. The van der Waals surface area contributed by atoms with E-state index in [4.69, 9.17) is 0 Å². The average molecular weight is 357 g/mol. The first-order chi connectivity index (χ1) is 11.3. The Morgan fingerprint density at radius 1 is 1.00 bits per heavy atom. The Bertz CT molecular complexity index is 607. The van der Waals surface area contributed by atoms with Crippen LogP contribution in [0.25, 0.3) is 0 Å². The van der Waals surface area contributed by atoms with Gasteiger partial charge in [-0.1, -0.05) is 12.8 Å². The molecule has 0 atom stereocenters. The first-order valence-corrected chi connectivity index (χ1v) is 10.3. The summed E-state index contributed by atoms with van der Waals surface area (Å²) in [6.45, 7) is 3.74. The summed E-state index contributed by atoms with van der Waals surface area (Å²) >= 11 is 0. The Morgan fingerprint density at radius 3 is 2.17 bits per heavy atom. The van der Waals surface area contributed by atoms with Gasteiger partial charge in [-0.05, 0) is 25.8 Å². The van der Waals surface area contributed by atoms with Gasteiger partial charge in [-0.3, -0.25) is 14.5 Å². The molecule has 0 aromatic heterocycles. The number of hydrogen-bond acceptors (Lipinski definition) is 5. The van der Waals surface area contributed by atoms with Crippen LogP contribution in [0.4, 0.5) is 0 Å². The van der Waals surface area contributed by atoms with E-state index in [0.717, 1.165) is 50.2 Å². The van der Waals surface area contributed by atoms with Crippen molar-refractivity contribution in [2.75, 3.05) is 46.0 Å². The normalized spacial score (nSPS) is 20.8. The van der Waals surface area contributed by atoms with E-state index in [1.165, 1.54) is 23.7 Å². The maximum Gasteiger partial charge on any atom is 0.256 e. The van der Waals surface area contributed by atoms with Gasteiger partial charge in [-0.15, -0.1) is 0 Å². The Labute approximate surface area is 144 Å². The lowest BCUT2D eigenvalue weighted by Crippen LogP contribution is -2.48. The predicted molar refractivity (Wildman–Crippen MR) is 91.8 cm³/mol. The van der Waals surface area contributed by atoms with Gasteiger partial charge in [0.05, 0.1) is 6.26 Å². The van der Waals surface area contributed by atoms with Crippen LogP contribution in [0.3, 0.4) is 0 Å². The number of piperazine rings is 1. The first-order valence-electron chi connectivity index (χ1n) is 8.49. The maximum absolute atomic E-state index is 11.7. The number of imide groups is 1. The molecule has 0 radical (unpaired) electrons. The molecule has 2 aliphatic heterocycles. The fourth-order valence-electron chi connectivity index (χ4n) is 3.09. The van der Waals surface area contributed by atoms with Gasteiger partial charge in [-0.25, -0.2) is 8.42 Å². The van der Waals surface area contributed by atoms with Crippen molar-refractivity contribution in [1.29, 1.82) is 0 Å². The summed E-state index contributed by atoms with van der Waals surface area (Å²) in [4.78, 5) is 26.6. The summed E-state index contributed by atoms with van der Waals surface area (Å²) in [6, 6.07) is 0. The zero-order chi connectivity index (χ0) is 17.7. The van der Waals surface area contributed by atoms with Crippen LogP contribution in [0.2, 0.25) is 0 Å². The van der Waals surface area contributed by atoms with Crippen LogP contribution < -0.4 is 0 Å². The van der Waals surface area contributed by atoms with Crippen molar-refractivity contribution in [3.63, 3.8) is 0 Å². The standard InChI is InChI=1S/C16H27N3O4S/c1-17-15(20)13-14(16(17)21)7-5-3-4-6-8-18-9-11-19(12-10-18)24(2,22)23/h13H,3-12H2,1-2H3. The number of carbonyl (C=O) groups is 2. The highest BCUT2D eigenvalue weighted by atomic mass is 32.2. The number of rotatable bonds is 8. The summed E-state index contributed by atoms with van der Waals surface area (Å²) in [5.41, 5.74) is 0.624. The lowest BCUT2D eigenvalue weighted by molar-refractivity contribution is -0.135. The molecule has 0 aromatic rings. The summed E-state index contributed by atoms with van der Waals surface area (Å²) < 4.78 is 24.4. The molecule has 8 heteroatoms. The number of hydrogen-bond donors (Lipinski definition) is 0. The predicted octanol–water partition coefficient (Wildman–Crippen LogP) is 0.439. The van der Waals surface area contributed by atoms with E-state index in [0.29, 0.717) is 25.1 Å². The van der Waals surface area contributed by atoms with E-state index in [1.807, 2.05) is 0 Å². The van der Waals surface area contributed by atoms with Gasteiger partial charge in [0.1, 0.15) is 0 Å². The van der Waals surface area contributed by atoms with Crippen LogP contribution in [0.15, 0.2) is 11.6 Å². The third kappa shape index (κ3) is 5.12. The molecule has 0 aromatic carbocycles. The number of sulfonamides is 1. The van der Waals surface area contributed by atoms with Gasteiger partial charge >= 0.3 is 0 Å². The summed E-state index contributed by atoms with van der Waals surface area (Å²) in [5.74, 6) is -0.382. The molecular formula is C16H27N3O4S. The molecule has 2 aliphatic rings. The SMILES string of the molecule is CN1C(=O)C=C(CCCCCCN2CCN(S(C)(=O)=O)CC2)C1=O. The van der Waals surface area contributed by atoms with Crippen molar-refractivity contribution < 1.29 is 18.0 Å². The minimum Gasteiger partial charge on any atom is -0.301 e. The summed E-state index contributed by atoms with van der Waals surface area (Å²) in [6.07, 6.45) is 7.48. The summed E-state index contributed by atoms with van der Waals surface area (Å²) in [5, 5.41) is 0. The molecule has 2 amide bonds. The highest BCUT2D eigenvalue weighted by Crippen LogP contribution is 2.18. The topological polar surface area (TPSA) is 78.0 Å². The van der Waals surface area contributed by atoms with Crippen molar-refractivity contribution in [2.24, 2.45) is 0 Å². The number of unbranched alkanes of at least 4 members (excludes halogenated alkanes) is 3. The molecule has 0 N–H and O–H groups in total. The third-order valence-electron chi connectivity index (χ3n) is 4.68. The van der Waals surface area contributed by atoms with Gasteiger partial charge in [0.2, 0.25) is 10.0 Å². The summed E-state index contributed by atoms with van der Waals surface area (Å²) in [7, 11) is -1.54. The molecule has 0 unspecified atom stereocenters. The fourth-order valence-corrected chi connectivity index (χ4v) is 3.92. The average Bonchev–Trinajstić information content (AvgIpc) is 2.77. The van der Waals surface area contributed by atoms with Gasteiger partial charge in [-0.2, -0.15) is 4.31 Å². The quantitative estimate of drug-likeness (QED) is 0.465. The Morgan fingerprint density at radius 2 is 1.62 bits per heavy atom. The Kier molecular flexibility index (Phi) is 6.54. The third-order valence-corrected chi connectivity index (χ3v) is 5.98. The van der Waals surface area contributed by atoms with Crippen molar-refractivity contribution in [3.05, 3.63) is 11.6 Å². The van der Waals surface area contributed by atoms with Crippen LogP contribution in [-0.2, 0) is 19.6 Å². The lowest BCUT2D eigenvalue weighted by atomic mass is 10.1. The second-order valence-electron chi connectivity index (χ2n) is 6.54.